The van der Waals surface area contributed by atoms with Gasteiger partial charge in [-0.2, -0.15) is 0 Å². The highest BCUT2D eigenvalue weighted by Gasteiger charge is 2.54. The maximum absolute atomic E-state index is 7.06. The van der Waals surface area contributed by atoms with Gasteiger partial charge in [0.2, 0.25) is 0 Å². The van der Waals surface area contributed by atoms with Gasteiger partial charge in [0.15, 0.2) is 0 Å². The lowest BCUT2D eigenvalue weighted by atomic mass is 9.51. The number of aryl methyl sites for hydroxylation is 1. The lowest BCUT2D eigenvalue weighted by molar-refractivity contribution is 0.379. The fraction of sp³-hybridized carbons (Fsp3) is 0.269. The van der Waals surface area contributed by atoms with Crippen LogP contribution in [-0.2, 0) is 17.3 Å². The third kappa shape index (κ3) is 5.81. The Morgan fingerprint density at radius 3 is 2.00 bits per heavy atom. The molecule has 60 heavy (non-hydrogen) atoms. The van der Waals surface area contributed by atoms with E-state index in [2.05, 4.69) is 202 Å². The summed E-state index contributed by atoms with van der Waals surface area (Å²) in [6, 6.07) is 43.9. The number of rotatable bonds is 2. The highest BCUT2D eigenvalue weighted by atomic mass is 32.1. The van der Waals surface area contributed by atoms with Crippen LogP contribution in [0.3, 0.4) is 0 Å². The summed E-state index contributed by atoms with van der Waals surface area (Å²) in [6.45, 7) is 18.2. The van der Waals surface area contributed by atoms with E-state index in [1.807, 2.05) is 11.3 Å². The van der Waals surface area contributed by atoms with Gasteiger partial charge in [-0.25, -0.2) is 0 Å². The number of hydrogen-bond acceptors (Lipinski definition) is 6. The second-order valence-corrected chi connectivity index (χ2v) is 20.6. The molecule has 4 aliphatic heterocycles. The van der Waals surface area contributed by atoms with E-state index in [1.54, 1.807) is 0 Å². The molecule has 1 unspecified atom stereocenters. The van der Waals surface area contributed by atoms with Gasteiger partial charge in [-0.05, 0) is 106 Å². The van der Waals surface area contributed by atoms with Crippen molar-refractivity contribution in [1.29, 1.82) is 0 Å². The highest BCUT2D eigenvalue weighted by molar-refractivity contribution is 7.23. The quantitative estimate of drug-likeness (QED) is 0.162. The first-order valence-corrected chi connectivity index (χ1v) is 22.5. The first-order valence-electron chi connectivity index (χ1n) is 21.7. The Balaban J connectivity index is 1.24. The average Bonchev–Trinajstić information content (AvgIpc) is 3.71. The summed E-state index contributed by atoms with van der Waals surface area (Å²) in [5, 5.41) is 2.53. The van der Waals surface area contributed by atoms with Gasteiger partial charge in [0, 0.05) is 29.9 Å². The Morgan fingerprint density at radius 1 is 0.667 bits per heavy atom. The van der Waals surface area contributed by atoms with Crippen LogP contribution >= 0.6 is 11.3 Å². The second kappa shape index (κ2) is 13.5. The predicted octanol–water partition coefficient (Wildman–Crippen LogP) is 11.8. The first kappa shape index (κ1) is 37.4. The fourth-order valence-corrected chi connectivity index (χ4v) is 11.5. The molecule has 0 radical (unpaired) electrons. The maximum atomic E-state index is 7.06. The van der Waals surface area contributed by atoms with Crippen molar-refractivity contribution in [2.75, 3.05) is 25.8 Å². The van der Waals surface area contributed by atoms with E-state index in [0.717, 1.165) is 30.8 Å². The number of fused-ring (bicyclic) bond motifs is 15. The van der Waals surface area contributed by atoms with E-state index in [0.29, 0.717) is 5.92 Å². The topological polar surface area (TPSA) is 22.2 Å². The molecular formula is C52H52B2N4OS. The first-order chi connectivity index (χ1) is 28.8. The van der Waals surface area contributed by atoms with Gasteiger partial charge in [-0.1, -0.05) is 150 Å². The van der Waals surface area contributed by atoms with Crippen LogP contribution in [0.5, 0.6) is 5.75 Å². The largest absolute Gasteiger partial charge is 0.460 e. The van der Waals surface area contributed by atoms with Gasteiger partial charge in [-0.3, -0.25) is 0 Å². The number of hydrogen-bond donors (Lipinski definition) is 0. The summed E-state index contributed by atoms with van der Waals surface area (Å²) in [7, 11) is 0. The van der Waals surface area contributed by atoms with E-state index in [9.17, 15) is 0 Å². The molecule has 0 fully saturated rings. The number of allylic oxidation sites excluding steroid dienone is 3. The molecule has 0 saturated carbocycles. The minimum absolute atomic E-state index is 0.0255. The molecule has 0 amide bonds. The molecule has 2 bridgehead atoms. The van der Waals surface area contributed by atoms with Gasteiger partial charge in [0.1, 0.15) is 21.5 Å². The lowest BCUT2D eigenvalue weighted by Crippen LogP contribution is -2.58. The van der Waals surface area contributed by atoms with Crippen LogP contribution in [0.15, 0.2) is 139 Å². The van der Waals surface area contributed by atoms with Gasteiger partial charge in [0.05, 0.1) is 17.1 Å². The second-order valence-electron chi connectivity index (χ2n) is 19.6. The molecule has 0 spiro atoms. The molecule has 0 N–H and O–H groups in total. The number of para-hydroxylation sites is 1. The lowest BCUT2D eigenvalue weighted by Gasteiger charge is -2.45. The van der Waals surface area contributed by atoms with Crippen molar-refractivity contribution in [3.8, 4) is 5.75 Å². The number of nitrogens with zero attached hydrogens (tertiary/aromatic N) is 4. The third-order valence-corrected chi connectivity index (χ3v) is 14.5. The maximum Gasteiger partial charge on any atom is 0.421 e. The molecule has 5 aliphatic rings. The molecule has 5 nitrogen and oxygen atoms in total. The van der Waals surface area contributed by atoms with E-state index in [-0.39, 0.29) is 24.7 Å². The average molecular weight is 803 g/mol. The Kier molecular flexibility index (Phi) is 8.39. The smallest absolute Gasteiger partial charge is 0.421 e. The van der Waals surface area contributed by atoms with Crippen LogP contribution in [0, 0.1) is 12.8 Å². The monoisotopic (exact) mass is 802 g/mol. The summed E-state index contributed by atoms with van der Waals surface area (Å²) in [6.07, 6.45) is 7.26. The van der Waals surface area contributed by atoms with E-state index in [4.69, 9.17) is 4.74 Å². The summed E-state index contributed by atoms with van der Waals surface area (Å²) in [5.74, 6) is 2.40. The van der Waals surface area contributed by atoms with Crippen molar-refractivity contribution in [2.45, 2.75) is 79.1 Å². The van der Waals surface area contributed by atoms with Crippen LogP contribution in [0.4, 0.5) is 38.4 Å². The van der Waals surface area contributed by atoms with Crippen LogP contribution in [0.25, 0.3) is 0 Å². The van der Waals surface area contributed by atoms with Crippen molar-refractivity contribution in [3.05, 3.63) is 167 Å². The zero-order chi connectivity index (χ0) is 41.2. The molecule has 8 heteroatoms. The fourth-order valence-electron chi connectivity index (χ4n) is 10.2. The van der Waals surface area contributed by atoms with Crippen LogP contribution in [-0.4, -0.2) is 20.3 Å². The molecule has 5 heterocycles. The molecule has 0 saturated heterocycles. The third-order valence-electron chi connectivity index (χ3n) is 13.3. The van der Waals surface area contributed by atoms with Crippen molar-refractivity contribution < 1.29 is 4.74 Å². The number of benzene rings is 5. The van der Waals surface area contributed by atoms with Crippen LogP contribution in [0.2, 0.25) is 0 Å². The van der Waals surface area contributed by atoms with Crippen LogP contribution in [0.1, 0.15) is 82.7 Å². The van der Waals surface area contributed by atoms with Crippen molar-refractivity contribution in [1.82, 2.24) is 0 Å². The molecule has 1 aliphatic carbocycles. The van der Waals surface area contributed by atoms with Crippen molar-refractivity contribution >= 4 is 74.5 Å². The summed E-state index contributed by atoms with van der Waals surface area (Å²) in [5.41, 5.74) is 16.7. The molecule has 298 valence electrons. The van der Waals surface area contributed by atoms with Crippen LogP contribution < -0.4 is 35.0 Å². The van der Waals surface area contributed by atoms with Gasteiger partial charge in [0.25, 0.3) is 0 Å². The minimum atomic E-state index is -0.0788. The van der Waals surface area contributed by atoms with E-state index < -0.39 is 0 Å². The predicted molar refractivity (Wildman–Crippen MR) is 257 cm³/mol. The molecule has 1 aromatic heterocycles. The number of anilines is 7. The van der Waals surface area contributed by atoms with Gasteiger partial charge in [-0.15, -0.1) is 0 Å². The Hall–Kier alpha value is -5.59. The molecule has 1 atom stereocenters. The minimum Gasteiger partial charge on any atom is -0.460 e. The summed E-state index contributed by atoms with van der Waals surface area (Å²) >= 11 is 1.94. The molecule has 6 aromatic rings. The summed E-state index contributed by atoms with van der Waals surface area (Å²) < 4.78 is 7.06. The number of ether oxygens (including phenoxy) is 1. The van der Waals surface area contributed by atoms with Crippen molar-refractivity contribution in [2.24, 2.45) is 5.92 Å². The molecule has 5 aromatic carbocycles. The SMILES string of the molecule is Cc1ccc2c(c1)Cc1ccccc1B1N2c2sc3c(c2N1c1ccc(C(C)(C)C)cc1)N(c1ccc(C(C)(C)C)cc1)B1CN3C2=C(CC(C)C=C2)Oc2ccccc21. The normalized spacial score (nSPS) is 17.8. The molecular weight excluding hydrogens is 750 g/mol. The van der Waals surface area contributed by atoms with Gasteiger partial charge >= 0.3 is 13.8 Å². The highest BCUT2D eigenvalue weighted by Crippen LogP contribution is 2.64. The Bertz CT molecular complexity index is 2760. The Labute approximate surface area is 360 Å². The Morgan fingerprint density at radius 2 is 1.30 bits per heavy atom. The van der Waals surface area contributed by atoms with E-state index in [1.165, 1.54) is 82.9 Å². The number of thiophene rings is 1. The van der Waals surface area contributed by atoms with Crippen molar-refractivity contribution in [3.63, 3.8) is 0 Å². The standard InChI is InChI=1S/C52H52B2N4OS/c1-33-17-27-43-36(29-33)31-35-13-9-10-14-41(35)54-57(40-25-21-38(22-26-40)52(6,7)8)48-47-49(60-50(48)58(43)54)55-32-53(56(47)39-23-19-37(20-24-39)51(3,4)5)42-15-11-12-16-45(42)59-46-30-34(2)18-28-44(46)55/h9-29,34H,30-32H2,1-8H3. The zero-order valence-corrected chi connectivity index (χ0v) is 36.9. The molecule has 11 rings (SSSR count). The summed E-state index contributed by atoms with van der Waals surface area (Å²) in [4.78, 5) is 10.6. The van der Waals surface area contributed by atoms with Gasteiger partial charge < -0.3 is 24.1 Å². The van der Waals surface area contributed by atoms with E-state index >= 15 is 0 Å². The zero-order valence-electron chi connectivity index (χ0n) is 36.1.